The van der Waals surface area contributed by atoms with Gasteiger partial charge in [0.25, 0.3) is 0 Å². The molecular weight excluding hydrogens is 268 g/mol. The van der Waals surface area contributed by atoms with E-state index in [0.717, 1.165) is 12.8 Å². The summed E-state index contributed by atoms with van der Waals surface area (Å²) in [4.78, 5) is 0. The highest BCUT2D eigenvalue weighted by molar-refractivity contribution is 6.71. The van der Waals surface area contributed by atoms with Crippen LogP contribution in [0.15, 0.2) is 0 Å². The first-order valence-corrected chi connectivity index (χ1v) is 9.20. The molecule has 3 nitrogen and oxygen atoms in total. The molecule has 0 aliphatic rings. The lowest BCUT2D eigenvalue weighted by Gasteiger charge is -2.28. The molecule has 0 radical (unpaired) electrons. The van der Waals surface area contributed by atoms with Gasteiger partial charge in [-0.3, -0.25) is 0 Å². The van der Waals surface area contributed by atoms with E-state index in [0.29, 0.717) is 0 Å². The van der Waals surface area contributed by atoms with Gasteiger partial charge in [-0.25, -0.2) is 0 Å². The Hall–Kier alpha value is 0.387. The molecule has 0 rings (SSSR count). The molecule has 0 aromatic rings. The van der Waals surface area contributed by atoms with Crippen molar-refractivity contribution in [2.24, 2.45) is 0 Å². The second kappa shape index (κ2) is 11.2. The summed E-state index contributed by atoms with van der Waals surface area (Å²) in [7, 11) is 2.19. The Morgan fingerprint density at radius 2 is 1.28 bits per heavy atom. The SMILES string of the molecule is CCCCCCCCCC(Cl)[Si](OC)(OC)OC. The Balaban J connectivity index is 3.71. The van der Waals surface area contributed by atoms with Gasteiger partial charge in [-0.1, -0.05) is 51.9 Å². The first-order valence-electron chi connectivity index (χ1n) is 6.96. The fraction of sp³-hybridized carbons (Fsp3) is 1.00. The second-order valence-corrected chi connectivity index (χ2v) is 8.62. The molecule has 18 heavy (non-hydrogen) atoms. The zero-order chi connectivity index (χ0) is 13.9. The monoisotopic (exact) mass is 296 g/mol. The third-order valence-electron chi connectivity index (χ3n) is 3.30. The van der Waals surface area contributed by atoms with E-state index in [-0.39, 0.29) is 5.00 Å². The van der Waals surface area contributed by atoms with Crippen molar-refractivity contribution >= 4 is 20.4 Å². The summed E-state index contributed by atoms with van der Waals surface area (Å²) in [5, 5.41) is -0.145. The van der Waals surface area contributed by atoms with Crippen molar-refractivity contribution in [2.75, 3.05) is 21.3 Å². The number of alkyl halides is 1. The van der Waals surface area contributed by atoms with Gasteiger partial charge in [0, 0.05) is 21.3 Å². The van der Waals surface area contributed by atoms with Crippen molar-refractivity contribution in [3.05, 3.63) is 0 Å². The predicted molar refractivity (Wildman–Crippen MR) is 79.0 cm³/mol. The molecule has 0 aromatic carbocycles. The molecule has 0 bridgehead atoms. The molecule has 0 fully saturated rings. The van der Waals surface area contributed by atoms with Crippen LogP contribution in [0.25, 0.3) is 0 Å². The minimum atomic E-state index is -2.64. The van der Waals surface area contributed by atoms with Gasteiger partial charge in [-0.05, 0) is 6.42 Å². The van der Waals surface area contributed by atoms with Crippen molar-refractivity contribution in [3.63, 3.8) is 0 Å². The zero-order valence-electron chi connectivity index (χ0n) is 12.3. The first-order chi connectivity index (χ1) is 8.66. The smallest absolute Gasteiger partial charge is 0.376 e. The van der Waals surface area contributed by atoms with Crippen LogP contribution in [-0.2, 0) is 13.3 Å². The van der Waals surface area contributed by atoms with Gasteiger partial charge < -0.3 is 13.3 Å². The first kappa shape index (κ1) is 18.4. The zero-order valence-corrected chi connectivity index (χ0v) is 14.1. The maximum atomic E-state index is 6.35. The molecule has 0 amide bonds. The van der Waals surface area contributed by atoms with E-state index in [1.54, 1.807) is 21.3 Å². The van der Waals surface area contributed by atoms with Crippen LogP contribution in [0.4, 0.5) is 0 Å². The van der Waals surface area contributed by atoms with Crippen LogP contribution in [0, 0.1) is 0 Å². The summed E-state index contributed by atoms with van der Waals surface area (Å²) < 4.78 is 16.1. The molecule has 0 saturated heterocycles. The molecule has 0 aliphatic carbocycles. The fourth-order valence-electron chi connectivity index (χ4n) is 2.09. The molecule has 0 aromatic heterocycles. The molecule has 1 unspecified atom stereocenters. The quantitative estimate of drug-likeness (QED) is 0.308. The second-order valence-electron chi connectivity index (χ2n) is 4.59. The molecular formula is C13H29ClO3Si. The van der Waals surface area contributed by atoms with Gasteiger partial charge in [0.05, 0.1) is 0 Å². The number of hydrogen-bond acceptors (Lipinski definition) is 3. The highest BCUT2D eigenvalue weighted by Gasteiger charge is 2.46. The van der Waals surface area contributed by atoms with Gasteiger partial charge in [0.1, 0.15) is 5.00 Å². The van der Waals surface area contributed by atoms with E-state index >= 15 is 0 Å². The van der Waals surface area contributed by atoms with Crippen molar-refractivity contribution in [2.45, 2.75) is 63.3 Å². The van der Waals surface area contributed by atoms with Crippen molar-refractivity contribution in [1.29, 1.82) is 0 Å². The lowest BCUT2D eigenvalue weighted by atomic mass is 10.1. The van der Waals surface area contributed by atoms with E-state index in [1.807, 2.05) is 0 Å². The summed E-state index contributed by atoms with van der Waals surface area (Å²) in [6.45, 7) is 2.24. The molecule has 110 valence electrons. The Morgan fingerprint density at radius 1 is 0.833 bits per heavy atom. The van der Waals surface area contributed by atoms with Gasteiger partial charge >= 0.3 is 8.80 Å². The summed E-state index contributed by atoms with van der Waals surface area (Å²) in [6.07, 6.45) is 9.89. The van der Waals surface area contributed by atoms with Crippen molar-refractivity contribution in [3.8, 4) is 0 Å². The van der Waals surface area contributed by atoms with Crippen molar-refractivity contribution < 1.29 is 13.3 Å². The number of hydrogen-bond donors (Lipinski definition) is 0. The molecule has 0 spiro atoms. The number of halogens is 1. The lowest BCUT2D eigenvalue weighted by Crippen LogP contribution is -2.51. The van der Waals surface area contributed by atoms with Crippen LogP contribution in [0.2, 0.25) is 0 Å². The highest BCUT2D eigenvalue weighted by Crippen LogP contribution is 2.23. The van der Waals surface area contributed by atoms with Crippen LogP contribution in [0.3, 0.4) is 0 Å². The van der Waals surface area contributed by atoms with E-state index < -0.39 is 8.80 Å². The van der Waals surface area contributed by atoms with Gasteiger partial charge in [-0.2, -0.15) is 0 Å². The van der Waals surface area contributed by atoms with E-state index in [9.17, 15) is 0 Å². The van der Waals surface area contributed by atoms with Crippen LogP contribution < -0.4 is 0 Å². The standard InChI is InChI=1S/C13H29ClO3Si/c1-5-6-7-8-9-10-11-12-13(14)18(15-2,16-3)17-4/h13H,5-12H2,1-4H3. The third kappa shape index (κ3) is 6.52. The average molecular weight is 297 g/mol. The largest absolute Gasteiger partial charge is 0.518 e. The Kier molecular flexibility index (Phi) is 11.5. The fourth-order valence-corrected chi connectivity index (χ4v) is 4.87. The molecule has 5 heteroatoms. The summed E-state index contributed by atoms with van der Waals surface area (Å²) in [5.74, 6) is 0. The lowest BCUT2D eigenvalue weighted by molar-refractivity contribution is 0.119. The number of unbranched alkanes of at least 4 members (excludes halogenated alkanes) is 6. The normalized spacial score (nSPS) is 13.8. The van der Waals surface area contributed by atoms with E-state index in [1.165, 1.54) is 38.5 Å². The Bertz CT molecular complexity index is 181. The molecule has 0 N–H and O–H groups in total. The van der Waals surface area contributed by atoms with Crippen LogP contribution in [0.1, 0.15) is 58.3 Å². The van der Waals surface area contributed by atoms with Crippen LogP contribution in [-0.4, -0.2) is 35.1 Å². The van der Waals surface area contributed by atoms with Crippen LogP contribution in [0.5, 0.6) is 0 Å². The minimum Gasteiger partial charge on any atom is -0.376 e. The molecule has 0 aliphatic heterocycles. The van der Waals surface area contributed by atoms with Gasteiger partial charge in [0.15, 0.2) is 0 Å². The summed E-state index contributed by atoms with van der Waals surface area (Å²) in [5.41, 5.74) is 0. The van der Waals surface area contributed by atoms with Gasteiger partial charge in [0.2, 0.25) is 0 Å². The Morgan fingerprint density at radius 3 is 1.72 bits per heavy atom. The topological polar surface area (TPSA) is 27.7 Å². The highest BCUT2D eigenvalue weighted by atomic mass is 35.5. The molecule has 1 atom stereocenters. The van der Waals surface area contributed by atoms with E-state index in [2.05, 4.69) is 6.92 Å². The minimum absolute atomic E-state index is 0.145. The summed E-state index contributed by atoms with van der Waals surface area (Å²) >= 11 is 6.35. The maximum Gasteiger partial charge on any atom is 0.518 e. The van der Waals surface area contributed by atoms with Crippen molar-refractivity contribution in [1.82, 2.24) is 0 Å². The van der Waals surface area contributed by atoms with Crippen LogP contribution >= 0.6 is 11.6 Å². The maximum absolute atomic E-state index is 6.35. The number of rotatable bonds is 12. The molecule has 0 saturated carbocycles. The Labute approximate surface area is 119 Å². The predicted octanol–water partition coefficient (Wildman–Crippen LogP) is 4.15. The summed E-state index contributed by atoms with van der Waals surface area (Å²) in [6, 6.07) is 0. The third-order valence-corrected chi connectivity index (χ3v) is 7.08. The average Bonchev–Trinajstić information content (AvgIpc) is 2.40. The van der Waals surface area contributed by atoms with Gasteiger partial charge in [-0.15, -0.1) is 11.6 Å². The molecule has 0 heterocycles. The van der Waals surface area contributed by atoms with E-state index in [4.69, 9.17) is 24.9 Å².